The average Bonchev–Trinajstić information content (AvgIpc) is 1.79. The lowest BCUT2D eigenvalue weighted by atomic mass is 9.80. The van der Waals surface area contributed by atoms with Crippen molar-refractivity contribution in [3.05, 3.63) is 0 Å². The van der Waals surface area contributed by atoms with Gasteiger partial charge in [-0.1, -0.05) is 0 Å². The Morgan fingerprint density at radius 1 is 1.80 bits per heavy atom. The Morgan fingerprint density at radius 3 is 2.40 bits per heavy atom. The summed E-state index contributed by atoms with van der Waals surface area (Å²) in [6, 6.07) is 0. The summed E-state index contributed by atoms with van der Waals surface area (Å²) in [5.41, 5.74) is 4.68. The maximum atomic E-state index is 10.6. The number of likely N-dealkylation sites (tertiary alicyclic amines) is 1. The lowest BCUT2D eigenvalue weighted by molar-refractivity contribution is -0.158. The highest BCUT2D eigenvalue weighted by molar-refractivity contribution is 5.76. The minimum absolute atomic E-state index is 0.243. The lowest BCUT2D eigenvalue weighted by Crippen LogP contribution is -2.62. The summed E-state index contributed by atoms with van der Waals surface area (Å²) in [6.07, 6.45) is 0. The molecule has 0 aromatic rings. The van der Waals surface area contributed by atoms with E-state index in [4.69, 9.17) is 10.8 Å². The standard InChI is InChI=1S/C6H12N2O2/c1-8-3-6(2-7,4-8)5(9)10/h2-4,7H2,1H3,(H,9,10). The van der Waals surface area contributed by atoms with Crippen molar-refractivity contribution in [2.24, 2.45) is 11.1 Å². The zero-order valence-electron chi connectivity index (χ0n) is 6.00. The quantitative estimate of drug-likeness (QED) is 0.519. The van der Waals surface area contributed by atoms with Crippen molar-refractivity contribution in [1.29, 1.82) is 0 Å². The zero-order chi connectivity index (χ0) is 7.78. The van der Waals surface area contributed by atoms with Gasteiger partial charge in [0.25, 0.3) is 0 Å². The lowest BCUT2D eigenvalue weighted by Gasteiger charge is -2.44. The first-order valence-corrected chi connectivity index (χ1v) is 3.23. The molecule has 3 N–H and O–H groups in total. The summed E-state index contributed by atoms with van der Waals surface area (Å²) >= 11 is 0. The molecule has 58 valence electrons. The minimum atomic E-state index is -0.770. The van der Waals surface area contributed by atoms with Gasteiger partial charge in [0.1, 0.15) is 5.41 Å². The maximum absolute atomic E-state index is 10.6. The highest BCUT2D eigenvalue weighted by Gasteiger charge is 2.46. The number of aliphatic carboxylic acids is 1. The van der Waals surface area contributed by atoms with Crippen LogP contribution in [-0.2, 0) is 4.79 Å². The number of hydrogen-bond acceptors (Lipinski definition) is 3. The van der Waals surface area contributed by atoms with Gasteiger partial charge >= 0.3 is 5.97 Å². The second-order valence-electron chi connectivity index (χ2n) is 2.96. The van der Waals surface area contributed by atoms with E-state index in [1.165, 1.54) is 0 Å². The van der Waals surface area contributed by atoms with Gasteiger partial charge in [-0.3, -0.25) is 4.79 Å². The predicted molar refractivity (Wildman–Crippen MR) is 36.6 cm³/mol. The first-order valence-electron chi connectivity index (χ1n) is 3.23. The van der Waals surface area contributed by atoms with E-state index in [0.717, 1.165) is 0 Å². The largest absolute Gasteiger partial charge is 0.481 e. The summed E-state index contributed by atoms with van der Waals surface area (Å²) in [4.78, 5) is 12.5. The van der Waals surface area contributed by atoms with E-state index in [-0.39, 0.29) is 6.54 Å². The second-order valence-corrected chi connectivity index (χ2v) is 2.96. The minimum Gasteiger partial charge on any atom is -0.481 e. The number of carboxylic acid groups (broad SMARTS) is 1. The van der Waals surface area contributed by atoms with E-state index in [1.807, 2.05) is 11.9 Å². The molecule has 0 radical (unpaired) electrons. The van der Waals surface area contributed by atoms with Crippen molar-refractivity contribution >= 4 is 5.97 Å². The predicted octanol–water partition coefficient (Wildman–Crippen LogP) is -1.04. The van der Waals surface area contributed by atoms with Gasteiger partial charge in [-0.2, -0.15) is 0 Å². The summed E-state index contributed by atoms with van der Waals surface area (Å²) < 4.78 is 0. The number of rotatable bonds is 2. The van der Waals surface area contributed by atoms with Crippen molar-refractivity contribution in [2.45, 2.75) is 0 Å². The molecule has 1 fully saturated rings. The van der Waals surface area contributed by atoms with E-state index in [0.29, 0.717) is 13.1 Å². The molecule has 0 amide bonds. The van der Waals surface area contributed by atoms with Crippen molar-refractivity contribution in [2.75, 3.05) is 26.7 Å². The molecule has 0 spiro atoms. The molecule has 1 rings (SSSR count). The SMILES string of the molecule is CN1CC(CN)(C(=O)O)C1. The first-order chi connectivity index (χ1) is 4.60. The molecule has 1 heterocycles. The number of carboxylic acids is 1. The van der Waals surface area contributed by atoms with Crippen LogP contribution in [0.25, 0.3) is 0 Å². The fourth-order valence-electron chi connectivity index (χ4n) is 1.34. The van der Waals surface area contributed by atoms with Crippen LogP contribution in [0.2, 0.25) is 0 Å². The van der Waals surface area contributed by atoms with E-state index < -0.39 is 11.4 Å². The van der Waals surface area contributed by atoms with Crippen LogP contribution in [-0.4, -0.2) is 42.7 Å². The molecule has 10 heavy (non-hydrogen) atoms. The number of nitrogens with two attached hydrogens (primary N) is 1. The normalized spacial score (nSPS) is 23.8. The Kier molecular flexibility index (Phi) is 1.66. The summed E-state index contributed by atoms with van der Waals surface area (Å²) in [5.74, 6) is -0.770. The summed E-state index contributed by atoms with van der Waals surface area (Å²) in [5, 5.41) is 8.69. The molecule has 0 aromatic heterocycles. The van der Waals surface area contributed by atoms with E-state index >= 15 is 0 Å². The topological polar surface area (TPSA) is 66.6 Å². The van der Waals surface area contributed by atoms with Crippen molar-refractivity contribution in [1.82, 2.24) is 4.90 Å². The maximum Gasteiger partial charge on any atom is 0.313 e. The monoisotopic (exact) mass is 144 g/mol. The molecule has 4 nitrogen and oxygen atoms in total. The van der Waals surface area contributed by atoms with Crippen molar-refractivity contribution in [3.8, 4) is 0 Å². The Bertz CT molecular complexity index is 152. The Balaban J connectivity index is 2.56. The molecular weight excluding hydrogens is 132 g/mol. The van der Waals surface area contributed by atoms with Crippen molar-refractivity contribution < 1.29 is 9.90 Å². The molecule has 1 saturated heterocycles. The molecule has 0 saturated carbocycles. The van der Waals surface area contributed by atoms with Gasteiger partial charge in [0.2, 0.25) is 0 Å². The molecule has 4 heteroatoms. The zero-order valence-corrected chi connectivity index (χ0v) is 6.00. The van der Waals surface area contributed by atoms with Crippen LogP contribution in [0.15, 0.2) is 0 Å². The highest BCUT2D eigenvalue weighted by Crippen LogP contribution is 2.27. The molecule has 1 aliphatic rings. The Morgan fingerprint density at radius 2 is 2.30 bits per heavy atom. The Labute approximate surface area is 59.6 Å². The molecule has 0 unspecified atom stereocenters. The van der Waals surface area contributed by atoms with Gasteiger partial charge in [-0.15, -0.1) is 0 Å². The Hall–Kier alpha value is -0.610. The van der Waals surface area contributed by atoms with Gasteiger partial charge in [-0.25, -0.2) is 0 Å². The van der Waals surface area contributed by atoms with Crippen LogP contribution in [0.5, 0.6) is 0 Å². The molecule has 0 bridgehead atoms. The number of carbonyl (C=O) groups is 1. The van der Waals surface area contributed by atoms with Crippen LogP contribution in [0.3, 0.4) is 0 Å². The van der Waals surface area contributed by atoms with E-state index in [1.54, 1.807) is 0 Å². The van der Waals surface area contributed by atoms with Crippen LogP contribution >= 0.6 is 0 Å². The molecular formula is C6H12N2O2. The van der Waals surface area contributed by atoms with Gasteiger partial charge < -0.3 is 15.7 Å². The third-order valence-electron chi connectivity index (χ3n) is 1.99. The fourth-order valence-corrected chi connectivity index (χ4v) is 1.34. The molecule has 1 aliphatic heterocycles. The van der Waals surface area contributed by atoms with Crippen LogP contribution in [0, 0.1) is 5.41 Å². The van der Waals surface area contributed by atoms with Crippen LogP contribution < -0.4 is 5.73 Å². The third-order valence-corrected chi connectivity index (χ3v) is 1.99. The van der Waals surface area contributed by atoms with E-state index in [2.05, 4.69) is 0 Å². The third kappa shape index (κ3) is 0.892. The van der Waals surface area contributed by atoms with Gasteiger partial charge in [0, 0.05) is 19.6 Å². The number of hydrogen-bond donors (Lipinski definition) is 2. The molecule has 0 aliphatic carbocycles. The average molecular weight is 144 g/mol. The number of nitrogens with zero attached hydrogens (tertiary/aromatic N) is 1. The molecule has 0 atom stereocenters. The fraction of sp³-hybridized carbons (Fsp3) is 0.833. The first kappa shape index (κ1) is 7.50. The van der Waals surface area contributed by atoms with Crippen molar-refractivity contribution in [3.63, 3.8) is 0 Å². The molecule has 0 aromatic carbocycles. The van der Waals surface area contributed by atoms with E-state index in [9.17, 15) is 4.79 Å². The van der Waals surface area contributed by atoms with Crippen LogP contribution in [0.1, 0.15) is 0 Å². The second kappa shape index (κ2) is 2.21. The van der Waals surface area contributed by atoms with Gasteiger partial charge in [-0.05, 0) is 7.05 Å². The van der Waals surface area contributed by atoms with Crippen LogP contribution in [0.4, 0.5) is 0 Å². The summed E-state index contributed by atoms with van der Waals surface area (Å²) in [6.45, 7) is 1.41. The van der Waals surface area contributed by atoms with Gasteiger partial charge in [0.05, 0.1) is 0 Å². The van der Waals surface area contributed by atoms with Gasteiger partial charge in [0.15, 0.2) is 0 Å². The highest BCUT2D eigenvalue weighted by atomic mass is 16.4. The summed E-state index contributed by atoms with van der Waals surface area (Å²) in [7, 11) is 1.89. The smallest absolute Gasteiger partial charge is 0.313 e.